The van der Waals surface area contributed by atoms with Gasteiger partial charge in [-0.25, -0.2) is 0 Å². The summed E-state index contributed by atoms with van der Waals surface area (Å²) in [5, 5.41) is 10.2. The first-order chi connectivity index (χ1) is 9.36. The van der Waals surface area contributed by atoms with Gasteiger partial charge in [-0.3, -0.25) is 0 Å². The van der Waals surface area contributed by atoms with E-state index in [1.807, 2.05) is 13.0 Å². The Hall–Kier alpha value is -1.02. The third-order valence-corrected chi connectivity index (χ3v) is 3.58. The van der Waals surface area contributed by atoms with Crippen LogP contribution in [0.2, 0.25) is 0 Å². The first-order valence-corrected chi connectivity index (χ1v) is 7.77. The molecule has 0 aliphatic carbocycles. The fourth-order valence-corrected chi connectivity index (χ4v) is 2.33. The van der Waals surface area contributed by atoms with Crippen LogP contribution >= 0.6 is 0 Å². The second kappa shape index (κ2) is 7.68. The number of unbranched alkanes of at least 4 members (excludes halogenated alkanes) is 3. The number of phenols is 1. The van der Waals surface area contributed by atoms with Crippen molar-refractivity contribution < 1.29 is 9.84 Å². The molecule has 0 fully saturated rings. The summed E-state index contributed by atoms with van der Waals surface area (Å²) < 4.78 is 5.75. The summed E-state index contributed by atoms with van der Waals surface area (Å²) in [7, 11) is 0. The number of aromatic hydroxyl groups is 1. The van der Waals surface area contributed by atoms with Crippen molar-refractivity contribution in [3.05, 3.63) is 28.8 Å². The number of hydrogen-bond acceptors (Lipinski definition) is 2. The van der Waals surface area contributed by atoms with Crippen molar-refractivity contribution in [1.82, 2.24) is 0 Å². The van der Waals surface area contributed by atoms with E-state index in [0.717, 1.165) is 29.7 Å². The van der Waals surface area contributed by atoms with E-state index in [4.69, 9.17) is 4.74 Å². The maximum Gasteiger partial charge on any atom is 0.122 e. The van der Waals surface area contributed by atoms with Crippen molar-refractivity contribution in [2.45, 2.75) is 72.3 Å². The standard InChI is InChI=1S/C18H30O2/c1-6-7-8-9-10-20-13-15-11-14(2)17(19)16(12-15)18(3,4)5/h11-12,19H,6-10,13H2,1-5H3. The summed E-state index contributed by atoms with van der Waals surface area (Å²) in [6.07, 6.45) is 4.93. The van der Waals surface area contributed by atoms with Gasteiger partial charge in [0.1, 0.15) is 5.75 Å². The minimum Gasteiger partial charge on any atom is -0.507 e. The summed E-state index contributed by atoms with van der Waals surface area (Å²) >= 11 is 0. The van der Waals surface area contributed by atoms with Gasteiger partial charge in [-0.05, 0) is 41.5 Å². The molecule has 1 aromatic carbocycles. The lowest BCUT2D eigenvalue weighted by Gasteiger charge is -2.22. The Morgan fingerprint density at radius 1 is 1.10 bits per heavy atom. The van der Waals surface area contributed by atoms with Crippen molar-refractivity contribution in [1.29, 1.82) is 0 Å². The van der Waals surface area contributed by atoms with E-state index in [0.29, 0.717) is 12.4 Å². The highest BCUT2D eigenvalue weighted by atomic mass is 16.5. The van der Waals surface area contributed by atoms with E-state index in [9.17, 15) is 5.11 Å². The minimum absolute atomic E-state index is 0.0496. The van der Waals surface area contributed by atoms with Crippen molar-refractivity contribution in [2.75, 3.05) is 6.61 Å². The fraction of sp³-hybridized carbons (Fsp3) is 0.667. The molecule has 0 bridgehead atoms. The number of aryl methyl sites for hydroxylation is 1. The van der Waals surface area contributed by atoms with Crippen LogP contribution < -0.4 is 0 Å². The van der Waals surface area contributed by atoms with Crippen LogP contribution in [0.3, 0.4) is 0 Å². The van der Waals surface area contributed by atoms with Gasteiger partial charge in [0.05, 0.1) is 6.61 Å². The van der Waals surface area contributed by atoms with Crippen LogP contribution in [0, 0.1) is 6.92 Å². The second-order valence-corrected chi connectivity index (χ2v) is 6.67. The SMILES string of the molecule is CCCCCCOCc1cc(C)c(O)c(C(C)(C)C)c1. The zero-order valence-electron chi connectivity index (χ0n) is 13.8. The van der Waals surface area contributed by atoms with Gasteiger partial charge in [0, 0.05) is 6.61 Å². The average molecular weight is 278 g/mol. The predicted molar refractivity (Wildman–Crippen MR) is 85.3 cm³/mol. The van der Waals surface area contributed by atoms with Gasteiger partial charge in [0.25, 0.3) is 0 Å². The molecule has 0 saturated heterocycles. The van der Waals surface area contributed by atoms with Gasteiger partial charge in [-0.2, -0.15) is 0 Å². The first-order valence-electron chi connectivity index (χ1n) is 7.77. The van der Waals surface area contributed by atoms with Gasteiger partial charge in [-0.1, -0.05) is 53.0 Å². The summed E-state index contributed by atoms with van der Waals surface area (Å²) in [6, 6.07) is 4.10. The molecule has 0 amide bonds. The highest BCUT2D eigenvalue weighted by Crippen LogP contribution is 2.34. The topological polar surface area (TPSA) is 29.5 Å². The maximum absolute atomic E-state index is 10.2. The van der Waals surface area contributed by atoms with Gasteiger partial charge in [0.15, 0.2) is 0 Å². The molecule has 0 radical (unpaired) electrons. The summed E-state index contributed by atoms with van der Waals surface area (Å²) in [5.41, 5.74) is 3.04. The largest absolute Gasteiger partial charge is 0.507 e. The molecule has 0 atom stereocenters. The van der Waals surface area contributed by atoms with Crippen LogP contribution in [0.5, 0.6) is 5.75 Å². The van der Waals surface area contributed by atoms with Gasteiger partial charge < -0.3 is 9.84 Å². The van der Waals surface area contributed by atoms with Crippen molar-refractivity contribution in [2.24, 2.45) is 0 Å². The van der Waals surface area contributed by atoms with E-state index < -0.39 is 0 Å². The van der Waals surface area contributed by atoms with Crippen LogP contribution in [-0.2, 0) is 16.8 Å². The normalized spacial score (nSPS) is 11.8. The second-order valence-electron chi connectivity index (χ2n) is 6.67. The molecule has 0 aliphatic rings. The molecule has 0 aliphatic heterocycles. The molecule has 1 rings (SSSR count). The Labute approximate surface area is 124 Å². The van der Waals surface area contributed by atoms with Crippen LogP contribution in [0.15, 0.2) is 12.1 Å². The molecular weight excluding hydrogens is 248 g/mol. The summed E-state index contributed by atoms with van der Waals surface area (Å²) in [4.78, 5) is 0. The number of ether oxygens (including phenoxy) is 1. The van der Waals surface area contributed by atoms with E-state index in [1.165, 1.54) is 19.3 Å². The summed E-state index contributed by atoms with van der Waals surface area (Å²) in [6.45, 7) is 12.0. The Bertz CT molecular complexity index is 416. The molecule has 2 heteroatoms. The van der Waals surface area contributed by atoms with Crippen LogP contribution in [0.4, 0.5) is 0 Å². The fourth-order valence-electron chi connectivity index (χ4n) is 2.33. The molecule has 0 aromatic heterocycles. The van der Waals surface area contributed by atoms with Gasteiger partial charge in [-0.15, -0.1) is 0 Å². The molecule has 0 unspecified atom stereocenters. The van der Waals surface area contributed by atoms with Crippen molar-refractivity contribution in [3.8, 4) is 5.75 Å². The molecule has 20 heavy (non-hydrogen) atoms. The molecule has 0 heterocycles. The minimum atomic E-state index is -0.0496. The van der Waals surface area contributed by atoms with Crippen molar-refractivity contribution in [3.63, 3.8) is 0 Å². The number of hydrogen-bond donors (Lipinski definition) is 1. The zero-order valence-corrected chi connectivity index (χ0v) is 13.8. The Balaban J connectivity index is 2.61. The van der Waals surface area contributed by atoms with Gasteiger partial charge >= 0.3 is 0 Å². The maximum atomic E-state index is 10.2. The van der Waals surface area contributed by atoms with Crippen LogP contribution in [0.1, 0.15) is 70.1 Å². The lowest BCUT2D eigenvalue weighted by atomic mass is 9.84. The molecule has 114 valence electrons. The molecule has 0 saturated carbocycles. The van der Waals surface area contributed by atoms with E-state index >= 15 is 0 Å². The number of phenolic OH excluding ortho intramolecular Hbond substituents is 1. The van der Waals surface area contributed by atoms with Gasteiger partial charge in [0.2, 0.25) is 0 Å². The third-order valence-electron chi connectivity index (χ3n) is 3.58. The Morgan fingerprint density at radius 3 is 2.40 bits per heavy atom. The smallest absolute Gasteiger partial charge is 0.122 e. The van der Waals surface area contributed by atoms with Crippen molar-refractivity contribution >= 4 is 0 Å². The predicted octanol–water partition coefficient (Wildman–Crippen LogP) is 5.10. The molecule has 1 aromatic rings. The van der Waals surface area contributed by atoms with E-state index in [2.05, 4.69) is 33.8 Å². The lowest BCUT2D eigenvalue weighted by Crippen LogP contribution is -2.12. The highest BCUT2D eigenvalue weighted by Gasteiger charge is 2.20. The zero-order chi connectivity index (χ0) is 15.2. The van der Waals surface area contributed by atoms with Crippen LogP contribution in [-0.4, -0.2) is 11.7 Å². The molecule has 2 nitrogen and oxygen atoms in total. The van der Waals surface area contributed by atoms with Crippen LogP contribution in [0.25, 0.3) is 0 Å². The Kier molecular flexibility index (Phi) is 6.54. The average Bonchev–Trinajstić information content (AvgIpc) is 2.36. The number of rotatable bonds is 7. The lowest BCUT2D eigenvalue weighted by molar-refractivity contribution is 0.116. The molecular formula is C18H30O2. The Morgan fingerprint density at radius 2 is 1.80 bits per heavy atom. The quantitative estimate of drug-likeness (QED) is 0.703. The van der Waals surface area contributed by atoms with E-state index in [1.54, 1.807) is 0 Å². The third kappa shape index (κ3) is 5.16. The number of benzene rings is 1. The van der Waals surface area contributed by atoms with E-state index in [-0.39, 0.29) is 5.41 Å². The summed E-state index contributed by atoms with van der Waals surface area (Å²) in [5.74, 6) is 0.421. The monoisotopic (exact) mass is 278 g/mol. The highest BCUT2D eigenvalue weighted by molar-refractivity contribution is 5.46. The first kappa shape index (κ1) is 17.0. The molecule has 0 spiro atoms. The molecule has 1 N–H and O–H groups in total.